The summed E-state index contributed by atoms with van der Waals surface area (Å²) in [6.07, 6.45) is -4.43. The monoisotopic (exact) mass is 394 g/mol. The number of anilines is 2. The van der Waals surface area contributed by atoms with Gasteiger partial charge in [0.05, 0.1) is 38.9 Å². The van der Waals surface area contributed by atoms with Gasteiger partial charge in [-0.2, -0.15) is 13.2 Å². The molecule has 1 heterocycles. The summed E-state index contributed by atoms with van der Waals surface area (Å²) in [5.41, 5.74) is 0.495. The Labute approximate surface area is 161 Å². The summed E-state index contributed by atoms with van der Waals surface area (Å²) >= 11 is 0. The van der Waals surface area contributed by atoms with E-state index in [0.717, 1.165) is 54.6 Å². The van der Waals surface area contributed by atoms with E-state index in [0.29, 0.717) is 0 Å². The molecule has 1 aliphatic heterocycles. The largest absolute Gasteiger partial charge is 0.497 e. The Morgan fingerprint density at radius 3 is 2.43 bits per heavy atom. The molecule has 0 radical (unpaired) electrons. The number of benzene rings is 2. The van der Waals surface area contributed by atoms with Crippen LogP contribution in [0.5, 0.6) is 5.75 Å². The Morgan fingerprint density at radius 1 is 1.14 bits per heavy atom. The van der Waals surface area contributed by atoms with Crippen LogP contribution in [0.25, 0.3) is 0 Å². The molecular weight excluding hydrogens is 371 g/mol. The number of ether oxygens (including phenoxy) is 1. The van der Waals surface area contributed by atoms with Crippen molar-refractivity contribution in [3.63, 3.8) is 0 Å². The Kier molecular flexibility index (Phi) is 6.08. The third-order valence-corrected chi connectivity index (χ3v) is 4.79. The molecule has 0 bridgehead atoms. The summed E-state index contributed by atoms with van der Waals surface area (Å²) in [7, 11) is 1.63. The molecule has 0 aliphatic carbocycles. The van der Waals surface area contributed by atoms with Crippen molar-refractivity contribution < 1.29 is 27.6 Å². The van der Waals surface area contributed by atoms with Crippen molar-refractivity contribution in [2.45, 2.75) is 6.18 Å². The lowest BCUT2D eigenvalue weighted by molar-refractivity contribution is -0.892. The Bertz CT molecular complexity index is 801. The van der Waals surface area contributed by atoms with Crippen LogP contribution in [-0.2, 0) is 11.0 Å². The molecule has 3 rings (SSSR count). The zero-order valence-corrected chi connectivity index (χ0v) is 15.6. The molecule has 0 spiro atoms. The zero-order chi connectivity index (χ0) is 20.1. The van der Waals surface area contributed by atoms with Gasteiger partial charge in [0.15, 0.2) is 6.54 Å². The first-order valence-electron chi connectivity index (χ1n) is 9.05. The lowest BCUT2D eigenvalue weighted by atomic mass is 10.2. The first-order chi connectivity index (χ1) is 13.3. The van der Waals surface area contributed by atoms with E-state index in [1.165, 1.54) is 12.1 Å². The van der Waals surface area contributed by atoms with E-state index >= 15 is 0 Å². The van der Waals surface area contributed by atoms with Crippen molar-refractivity contribution >= 4 is 17.3 Å². The van der Waals surface area contributed by atoms with Crippen LogP contribution in [0.1, 0.15) is 5.56 Å². The molecule has 2 N–H and O–H groups in total. The van der Waals surface area contributed by atoms with Gasteiger partial charge in [0, 0.05) is 11.4 Å². The number of rotatable bonds is 5. The number of nitrogens with zero attached hydrogens (tertiary/aromatic N) is 1. The minimum absolute atomic E-state index is 0.163. The van der Waals surface area contributed by atoms with Gasteiger partial charge >= 0.3 is 6.18 Å². The van der Waals surface area contributed by atoms with Crippen molar-refractivity contribution in [1.82, 2.24) is 0 Å². The molecule has 1 aliphatic rings. The standard InChI is InChI=1S/C20H22F3N3O2/c1-28-18-7-5-17(6-8-18)26-11-9-25(10-12-26)14-19(27)24-16-4-2-3-15(13-16)20(21,22)23/h2-8,13H,9-12,14H2,1H3,(H,24,27)/p+1. The average Bonchev–Trinajstić information content (AvgIpc) is 2.68. The Morgan fingerprint density at radius 2 is 1.82 bits per heavy atom. The predicted octanol–water partition coefficient (Wildman–Crippen LogP) is 2.06. The first-order valence-corrected chi connectivity index (χ1v) is 9.05. The number of amides is 1. The van der Waals surface area contributed by atoms with Crippen LogP contribution < -0.4 is 19.9 Å². The summed E-state index contributed by atoms with van der Waals surface area (Å²) in [6.45, 7) is 3.40. The fourth-order valence-corrected chi connectivity index (χ4v) is 3.26. The molecule has 0 atom stereocenters. The minimum atomic E-state index is -4.43. The van der Waals surface area contributed by atoms with E-state index in [9.17, 15) is 18.0 Å². The summed E-state index contributed by atoms with van der Waals surface area (Å²) in [5.74, 6) is 0.520. The van der Waals surface area contributed by atoms with Gasteiger partial charge in [-0.05, 0) is 42.5 Å². The van der Waals surface area contributed by atoms with Gasteiger partial charge in [0.2, 0.25) is 0 Å². The van der Waals surface area contributed by atoms with Gasteiger partial charge in [0.25, 0.3) is 5.91 Å². The fraction of sp³-hybridized carbons (Fsp3) is 0.350. The maximum absolute atomic E-state index is 12.8. The third-order valence-electron chi connectivity index (χ3n) is 4.79. The fourth-order valence-electron chi connectivity index (χ4n) is 3.26. The molecule has 1 fully saturated rings. The highest BCUT2D eigenvalue weighted by Crippen LogP contribution is 2.30. The van der Waals surface area contributed by atoms with Gasteiger partial charge in [-0.3, -0.25) is 4.79 Å². The molecule has 0 saturated carbocycles. The number of quaternary nitrogens is 1. The highest BCUT2D eigenvalue weighted by atomic mass is 19.4. The molecule has 2 aromatic rings. The lowest BCUT2D eigenvalue weighted by Crippen LogP contribution is -3.15. The number of halogens is 3. The summed E-state index contributed by atoms with van der Waals surface area (Å²) in [6, 6.07) is 12.5. The number of carbonyl (C=O) groups excluding carboxylic acids is 1. The van der Waals surface area contributed by atoms with Crippen LogP contribution in [0.3, 0.4) is 0 Å². The second kappa shape index (κ2) is 8.52. The van der Waals surface area contributed by atoms with Crippen molar-refractivity contribution in [2.24, 2.45) is 0 Å². The van der Waals surface area contributed by atoms with Crippen molar-refractivity contribution in [1.29, 1.82) is 0 Å². The van der Waals surface area contributed by atoms with E-state index in [2.05, 4.69) is 10.2 Å². The molecule has 150 valence electrons. The highest BCUT2D eigenvalue weighted by molar-refractivity contribution is 5.91. The van der Waals surface area contributed by atoms with Crippen LogP contribution in [0.15, 0.2) is 48.5 Å². The molecule has 1 amide bonds. The average molecular weight is 394 g/mol. The quantitative estimate of drug-likeness (QED) is 0.816. The number of hydrogen-bond donors (Lipinski definition) is 2. The predicted molar refractivity (Wildman–Crippen MR) is 101 cm³/mol. The smallest absolute Gasteiger partial charge is 0.416 e. The van der Waals surface area contributed by atoms with Gasteiger partial charge in [-0.15, -0.1) is 0 Å². The molecule has 0 unspecified atom stereocenters. The van der Waals surface area contributed by atoms with E-state index in [1.54, 1.807) is 7.11 Å². The highest BCUT2D eigenvalue weighted by Gasteiger charge is 2.30. The van der Waals surface area contributed by atoms with Gasteiger partial charge < -0.3 is 19.9 Å². The van der Waals surface area contributed by atoms with Gasteiger partial charge in [-0.25, -0.2) is 0 Å². The Balaban J connectivity index is 1.50. The SMILES string of the molecule is COc1ccc(N2CC[NH+](CC(=O)Nc3cccc(C(F)(F)F)c3)CC2)cc1. The van der Waals surface area contributed by atoms with E-state index in [4.69, 9.17) is 4.74 Å². The number of piperazine rings is 1. The van der Waals surface area contributed by atoms with Crippen LogP contribution in [-0.4, -0.2) is 45.7 Å². The molecule has 28 heavy (non-hydrogen) atoms. The topological polar surface area (TPSA) is 46.0 Å². The molecule has 1 saturated heterocycles. The zero-order valence-electron chi connectivity index (χ0n) is 15.6. The molecule has 2 aromatic carbocycles. The summed E-state index contributed by atoms with van der Waals surface area (Å²) in [5, 5.41) is 2.57. The minimum Gasteiger partial charge on any atom is -0.497 e. The molecule has 8 heteroatoms. The second-order valence-electron chi connectivity index (χ2n) is 6.74. The van der Waals surface area contributed by atoms with E-state index < -0.39 is 11.7 Å². The van der Waals surface area contributed by atoms with E-state index in [-0.39, 0.29) is 18.1 Å². The number of methoxy groups -OCH3 is 1. The Hall–Kier alpha value is -2.74. The maximum atomic E-state index is 12.8. The van der Waals surface area contributed by atoms with Gasteiger partial charge in [-0.1, -0.05) is 6.07 Å². The van der Waals surface area contributed by atoms with Crippen molar-refractivity contribution in [3.8, 4) is 5.75 Å². The summed E-state index contributed by atoms with van der Waals surface area (Å²) in [4.78, 5) is 15.6. The lowest BCUT2D eigenvalue weighted by Gasteiger charge is -2.33. The van der Waals surface area contributed by atoms with Crippen LogP contribution in [0, 0.1) is 0 Å². The summed E-state index contributed by atoms with van der Waals surface area (Å²) < 4.78 is 43.5. The first kappa shape index (κ1) is 20.0. The molecule has 0 aromatic heterocycles. The number of carbonyl (C=O) groups is 1. The number of hydrogen-bond acceptors (Lipinski definition) is 3. The normalized spacial score (nSPS) is 15.4. The van der Waals surface area contributed by atoms with Crippen molar-refractivity contribution in [3.05, 3.63) is 54.1 Å². The van der Waals surface area contributed by atoms with E-state index in [1.807, 2.05) is 24.3 Å². The molecular formula is C20H23F3N3O2+. The number of nitrogens with one attached hydrogen (secondary N) is 2. The van der Waals surface area contributed by atoms with Gasteiger partial charge in [0.1, 0.15) is 5.75 Å². The molecule has 5 nitrogen and oxygen atoms in total. The number of alkyl halides is 3. The second-order valence-corrected chi connectivity index (χ2v) is 6.74. The van der Waals surface area contributed by atoms with Crippen LogP contribution in [0.2, 0.25) is 0 Å². The van der Waals surface area contributed by atoms with Crippen LogP contribution in [0.4, 0.5) is 24.5 Å². The van der Waals surface area contributed by atoms with Crippen molar-refractivity contribution in [2.75, 3.05) is 50.1 Å². The van der Waals surface area contributed by atoms with Crippen LogP contribution >= 0.6 is 0 Å². The maximum Gasteiger partial charge on any atom is 0.416 e. The third kappa shape index (κ3) is 5.16.